The van der Waals surface area contributed by atoms with Crippen LogP contribution in [0.1, 0.15) is 52.8 Å². The second-order valence-electron chi connectivity index (χ2n) is 8.89. The zero-order valence-electron chi connectivity index (χ0n) is 17.7. The number of tetrazole rings is 2. The van der Waals surface area contributed by atoms with Crippen molar-refractivity contribution in [2.75, 3.05) is 23.0 Å². The average Bonchev–Trinajstić information content (AvgIpc) is 3.32. The van der Waals surface area contributed by atoms with E-state index in [4.69, 9.17) is 0 Å². The van der Waals surface area contributed by atoms with Gasteiger partial charge in [-0.3, -0.25) is 8.42 Å². The SMILES string of the molecule is CC(C)(CCS(=O)CCCS(=O)CCC(C)(C)Cn1cnnn1)Cc1nn[nH]n1. The van der Waals surface area contributed by atoms with Gasteiger partial charge in [0.2, 0.25) is 0 Å². The van der Waals surface area contributed by atoms with E-state index < -0.39 is 21.6 Å². The molecule has 12 heteroatoms. The molecular weight excluding hydrogens is 412 g/mol. The molecule has 0 saturated carbocycles. The third-order valence-corrected chi connectivity index (χ3v) is 7.57. The highest BCUT2D eigenvalue weighted by molar-refractivity contribution is 7.85. The zero-order valence-corrected chi connectivity index (χ0v) is 19.3. The van der Waals surface area contributed by atoms with Crippen molar-refractivity contribution in [2.24, 2.45) is 10.8 Å². The number of hydrogen-bond acceptors (Lipinski definition) is 8. The van der Waals surface area contributed by atoms with Gasteiger partial charge in [-0.15, -0.1) is 15.3 Å². The van der Waals surface area contributed by atoms with Crippen LogP contribution in [0.25, 0.3) is 0 Å². The molecule has 29 heavy (non-hydrogen) atoms. The van der Waals surface area contributed by atoms with Gasteiger partial charge in [-0.25, -0.2) is 4.68 Å². The molecule has 164 valence electrons. The van der Waals surface area contributed by atoms with E-state index >= 15 is 0 Å². The quantitative estimate of drug-likeness (QED) is 0.459. The molecule has 0 amide bonds. The van der Waals surface area contributed by atoms with Gasteiger partial charge < -0.3 is 0 Å². The Kier molecular flexibility index (Phi) is 9.00. The van der Waals surface area contributed by atoms with Gasteiger partial charge in [0.15, 0.2) is 5.82 Å². The molecule has 0 radical (unpaired) electrons. The smallest absolute Gasteiger partial charge is 0.175 e. The molecule has 0 aliphatic heterocycles. The maximum absolute atomic E-state index is 12.3. The fourth-order valence-electron chi connectivity index (χ4n) is 2.91. The Bertz CT molecular complexity index is 698. The first kappa shape index (κ1) is 23.7. The maximum Gasteiger partial charge on any atom is 0.175 e. The van der Waals surface area contributed by atoms with Crippen LogP contribution in [0, 0.1) is 10.8 Å². The minimum absolute atomic E-state index is 0.0296. The Morgan fingerprint density at radius 2 is 1.66 bits per heavy atom. The molecule has 10 nitrogen and oxygen atoms in total. The lowest BCUT2D eigenvalue weighted by molar-refractivity contribution is 0.279. The van der Waals surface area contributed by atoms with Crippen molar-refractivity contribution >= 4 is 21.6 Å². The van der Waals surface area contributed by atoms with E-state index in [1.807, 2.05) is 0 Å². The van der Waals surface area contributed by atoms with Crippen molar-refractivity contribution < 1.29 is 8.42 Å². The topological polar surface area (TPSA) is 132 Å². The van der Waals surface area contributed by atoms with Crippen molar-refractivity contribution in [2.45, 2.75) is 59.9 Å². The van der Waals surface area contributed by atoms with Crippen molar-refractivity contribution in [3.8, 4) is 0 Å². The number of aromatic nitrogens is 8. The van der Waals surface area contributed by atoms with Crippen molar-refractivity contribution in [3.63, 3.8) is 0 Å². The fourth-order valence-corrected chi connectivity index (χ4v) is 5.99. The van der Waals surface area contributed by atoms with Gasteiger partial charge in [-0.05, 0) is 40.5 Å². The number of aromatic amines is 1. The molecule has 2 rings (SSSR count). The van der Waals surface area contributed by atoms with E-state index in [9.17, 15) is 8.42 Å². The number of nitrogens with one attached hydrogen (secondary N) is 1. The maximum atomic E-state index is 12.3. The van der Waals surface area contributed by atoms with Crippen LogP contribution >= 0.6 is 0 Å². The Labute approximate surface area is 176 Å². The third kappa shape index (κ3) is 9.66. The van der Waals surface area contributed by atoms with E-state index in [1.165, 1.54) is 0 Å². The highest BCUT2D eigenvalue weighted by atomic mass is 32.2. The van der Waals surface area contributed by atoms with Gasteiger partial charge in [0.1, 0.15) is 6.33 Å². The minimum atomic E-state index is -0.898. The van der Waals surface area contributed by atoms with Gasteiger partial charge in [0.25, 0.3) is 0 Å². The van der Waals surface area contributed by atoms with Crippen LogP contribution < -0.4 is 0 Å². The molecule has 0 spiro atoms. The van der Waals surface area contributed by atoms with E-state index in [0.29, 0.717) is 41.8 Å². The zero-order chi connectivity index (χ0) is 21.3. The molecule has 0 aliphatic carbocycles. The van der Waals surface area contributed by atoms with Crippen LogP contribution in [-0.4, -0.2) is 72.3 Å². The van der Waals surface area contributed by atoms with Crippen LogP contribution in [-0.2, 0) is 34.6 Å². The highest BCUT2D eigenvalue weighted by Crippen LogP contribution is 2.25. The van der Waals surface area contributed by atoms with E-state index in [2.05, 4.69) is 63.8 Å². The molecule has 2 heterocycles. The minimum Gasteiger partial charge on any atom is -0.260 e. The first-order chi connectivity index (χ1) is 13.7. The second kappa shape index (κ2) is 11.0. The first-order valence-electron chi connectivity index (χ1n) is 9.78. The molecule has 0 fully saturated rings. The monoisotopic (exact) mass is 444 g/mol. The third-order valence-electron chi connectivity index (χ3n) is 4.76. The number of hydrogen-bond donors (Lipinski definition) is 1. The summed E-state index contributed by atoms with van der Waals surface area (Å²) in [6.07, 6.45) is 4.66. The van der Waals surface area contributed by atoms with Crippen molar-refractivity contribution in [1.82, 2.24) is 40.8 Å². The molecule has 0 bridgehead atoms. The highest BCUT2D eigenvalue weighted by Gasteiger charge is 2.22. The van der Waals surface area contributed by atoms with Gasteiger partial charge in [-0.1, -0.05) is 32.9 Å². The summed E-state index contributed by atoms with van der Waals surface area (Å²) in [4.78, 5) is 0. The average molecular weight is 445 g/mol. The molecule has 1 N–H and O–H groups in total. The summed E-state index contributed by atoms with van der Waals surface area (Å²) in [5.41, 5.74) is -0.0638. The Balaban J connectivity index is 1.59. The summed E-state index contributed by atoms with van der Waals surface area (Å²) < 4.78 is 26.3. The Morgan fingerprint density at radius 1 is 1.00 bits per heavy atom. The Morgan fingerprint density at radius 3 is 2.21 bits per heavy atom. The predicted octanol–water partition coefficient (Wildman–Crippen LogP) is 1.15. The van der Waals surface area contributed by atoms with Gasteiger partial charge in [-0.2, -0.15) is 5.21 Å². The van der Waals surface area contributed by atoms with Crippen molar-refractivity contribution in [1.29, 1.82) is 0 Å². The summed E-state index contributed by atoms with van der Waals surface area (Å²) in [7, 11) is -1.80. The summed E-state index contributed by atoms with van der Waals surface area (Å²) in [5, 5.41) is 25.2. The van der Waals surface area contributed by atoms with E-state index in [1.54, 1.807) is 11.0 Å². The van der Waals surface area contributed by atoms with Gasteiger partial charge >= 0.3 is 0 Å². The molecule has 0 aliphatic rings. The standard InChI is InChI=1S/C17H32N8O2S2/c1-16(2,12-15-19-22-23-20-15)6-10-28(26)8-5-9-29(27)11-7-17(3,4)13-25-14-18-21-24-25/h14H,5-13H2,1-4H3,(H,19,20,22,23). The normalized spacial score (nSPS) is 14.8. The van der Waals surface area contributed by atoms with Crippen molar-refractivity contribution in [3.05, 3.63) is 12.2 Å². The lowest BCUT2D eigenvalue weighted by Crippen LogP contribution is -2.23. The molecule has 2 atom stereocenters. The molecule has 0 aromatic carbocycles. The fraction of sp³-hybridized carbons (Fsp3) is 0.882. The van der Waals surface area contributed by atoms with Crippen LogP contribution in [0.3, 0.4) is 0 Å². The molecule has 0 saturated heterocycles. The summed E-state index contributed by atoms with van der Waals surface area (Å²) >= 11 is 0. The van der Waals surface area contributed by atoms with E-state index in [0.717, 1.165) is 19.3 Å². The number of rotatable bonds is 14. The first-order valence-corrected chi connectivity index (χ1v) is 12.8. The van der Waals surface area contributed by atoms with Crippen LogP contribution in [0.15, 0.2) is 6.33 Å². The summed E-state index contributed by atoms with van der Waals surface area (Å²) in [5.74, 6) is 3.15. The van der Waals surface area contributed by atoms with E-state index in [-0.39, 0.29) is 10.8 Å². The number of nitrogens with zero attached hydrogens (tertiary/aromatic N) is 7. The molecule has 2 aromatic rings. The van der Waals surface area contributed by atoms with Crippen LogP contribution in [0.4, 0.5) is 0 Å². The number of H-pyrrole nitrogens is 1. The van der Waals surface area contributed by atoms with Crippen LogP contribution in [0.5, 0.6) is 0 Å². The second-order valence-corrected chi connectivity index (χ2v) is 12.3. The predicted molar refractivity (Wildman–Crippen MR) is 113 cm³/mol. The summed E-state index contributed by atoms with van der Waals surface area (Å²) in [6.45, 7) is 9.18. The van der Waals surface area contributed by atoms with Gasteiger partial charge in [0.05, 0.1) is 0 Å². The molecule has 2 unspecified atom stereocenters. The van der Waals surface area contributed by atoms with Crippen LogP contribution in [0.2, 0.25) is 0 Å². The largest absolute Gasteiger partial charge is 0.260 e. The van der Waals surface area contributed by atoms with Gasteiger partial charge in [0, 0.05) is 57.6 Å². The lowest BCUT2D eigenvalue weighted by atomic mass is 9.86. The lowest BCUT2D eigenvalue weighted by Gasteiger charge is -2.23. The molecule has 2 aromatic heterocycles. The molecular formula is C17H32N8O2S2. The Hall–Kier alpha value is -1.56. The summed E-state index contributed by atoms with van der Waals surface area (Å²) in [6, 6.07) is 0.